The third-order valence-electron chi connectivity index (χ3n) is 4.82. The van der Waals surface area contributed by atoms with Crippen LogP contribution in [0.5, 0.6) is 0 Å². The Hall–Kier alpha value is -2.33. The van der Waals surface area contributed by atoms with Crippen LogP contribution in [0.25, 0.3) is 0 Å². The fourth-order valence-corrected chi connectivity index (χ4v) is 3.24. The summed E-state index contributed by atoms with van der Waals surface area (Å²) in [5, 5.41) is 3.66. The van der Waals surface area contributed by atoms with Crippen molar-refractivity contribution in [2.45, 2.75) is 58.7 Å². The van der Waals surface area contributed by atoms with E-state index in [0.717, 1.165) is 17.5 Å². The second-order valence-electron chi connectivity index (χ2n) is 7.03. The van der Waals surface area contributed by atoms with Crippen LogP contribution >= 0.6 is 11.6 Å². The van der Waals surface area contributed by atoms with Gasteiger partial charge in [-0.25, -0.2) is 0 Å². The standard InChI is InChI=1S/C23H29ClN2O2/c1-4-17(3)25-23(28)21(15-18-10-7-6-8-11-18)26(22(27)5-2)16-19-12-9-13-20(24)14-19/h6-14,17,21H,4-5,15-16H2,1-3H3,(H,25,28). The van der Waals surface area contributed by atoms with Crippen molar-refractivity contribution >= 4 is 23.4 Å². The van der Waals surface area contributed by atoms with Crippen molar-refractivity contribution in [3.8, 4) is 0 Å². The molecule has 2 rings (SSSR count). The summed E-state index contributed by atoms with van der Waals surface area (Å²) in [6.45, 7) is 6.16. The summed E-state index contributed by atoms with van der Waals surface area (Å²) < 4.78 is 0. The molecule has 0 aliphatic heterocycles. The molecule has 0 saturated heterocycles. The zero-order chi connectivity index (χ0) is 20.5. The largest absolute Gasteiger partial charge is 0.352 e. The lowest BCUT2D eigenvalue weighted by atomic mass is 10.0. The van der Waals surface area contributed by atoms with E-state index < -0.39 is 6.04 Å². The van der Waals surface area contributed by atoms with Crippen LogP contribution in [0.2, 0.25) is 5.02 Å². The molecule has 2 unspecified atom stereocenters. The summed E-state index contributed by atoms with van der Waals surface area (Å²) in [5.74, 6) is -0.178. The molecule has 0 heterocycles. The van der Waals surface area contributed by atoms with Crippen LogP contribution in [-0.2, 0) is 22.6 Å². The van der Waals surface area contributed by atoms with Gasteiger partial charge in [-0.3, -0.25) is 9.59 Å². The SMILES string of the molecule is CCC(=O)N(Cc1cccc(Cl)c1)C(Cc1ccccc1)C(=O)NC(C)CC. The maximum absolute atomic E-state index is 13.1. The monoisotopic (exact) mass is 400 g/mol. The number of carbonyl (C=O) groups is 2. The van der Waals surface area contributed by atoms with Gasteiger partial charge in [0.1, 0.15) is 6.04 Å². The lowest BCUT2D eigenvalue weighted by Crippen LogP contribution is -2.52. The topological polar surface area (TPSA) is 49.4 Å². The van der Waals surface area contributed by atoms with E-state index in [9.17, 15) is 9.59 Å². The predicted molar refractivity (Wildman–Crippen MR) is 114 cm³/mol. The molecule has 0 aliphatic rings. The Kier molecular flexibility index (Phi) is 8.52. The number of nitrogens with one attached hydrogen (secondary N) is 1. The summed E-state index contributed by atoms with van der Waals surface area (Å²) in [6.07, 6.45) is 1.64. The van der Waals surface area contributed by atoms with Crippen LogP contribution in [0.4, 0.5) is 0 Å². The number of hydrogen-bond acceptors (Lipinski definition) is 2. The minimum atomic E-state index is -0.581. The fraction of sp³-hybridized carbons (Fsp3) is 0.391. The third-order valence-corrected chi connectivity index (χ3v) is 5.05. The quantitative estimate of drug-likeness (QED) is 0.668. The Balaban J connectivity index is 2.35. The summed E-state index contributed by atoms with van der Waals surface area (Å²) in [6, 6.07) is 16.7. The van der Waals surface area contributed by atoms with Gasteiger partial charge in [-0.15, -0.1) is 0 Å². The molecule has 0 fully saturated rings. The van der Waals surface area contributed by atoms with Gasteiger partial charge in [0.05, 0.1) is 0 Å². The number of rotatable bonds is 9. The molecule has 0 bridgehead atoms. The van der Waals surface area contributed by atoms with Crippen molar-refractivity contribution in [2.75, 3.05) is 0 Å². The first-order valence-electron chi connectivity index (χ1n) is 9.82. The first-order valence-corrected chi connectivity index (χ1v) is 10.2. The van der Waals surface area contributed by atoms with Crippen molar-refractivity contribution in [1.82, 2.24) is 10.2 Å². The summed E-state index contributed by atoms with van der Waals surface area (Å²) in [7, 11) is 0. The van der Waals surface area contributed by atoms with Crippen LogP contribution in [-0.4, -0.2) is 28.8 Å². The van der Waals surface area contributed by atoms with E-state index in [-0.39, 0.29) is 17.9 Å². The number of amides is 2. The van der Waals surface area contributed by atoms with E-state index in [1.807, 2.05) is 69.3 Å². The molecule has 0 radical (unpaired) electrons. The minimum Gasteiger partial charge on any atom is -0.352 e. The maximum atomic E-state index is 13.1. The van der Waals surface area contributed by atoms with E-state index in [4.69, 9.17) is 11.6 Å². The van der Waals surface area contributed by atoms with Gasteiger partial charge in [-0.1, -0.05) is 67.9 Å². The molecule has 0 saturated carbocycles. The zero-order valence-electron chi connectivity index (χ0n) is 16.8. The van der Waals surface area contributed by atoms with Crippen molar-refractivity contribution in [2.24, 2.45) is 0 Å². The van der Waals surface area contributed by atoms with Crippen LogP contribution < -0.4 is 5.32 Å². The first kappa shape index (κ1) is 22.0. The Bertz CT molecular complexity index is 779. The normalized spacial score (nSPS) is 12.9. The molecule has 0 aromatic heterocycles. The van der Waals surface area contributed by atoms with E-state index in [1.165, 1.54) is 0 Å². The molecule has 1 N–H and O–H groups in total. The maximum Gasteiger partial charge on any atom is 0.243 e. The van der Waals surface area contributed by atoms with Gasteiger partial charge in [0.2, 0.25) is 11.8 Å². The lowest BCUT2D eigenvalue weighted by molar-refractivity contribution is -0.141. The molecule has 2 amide bonds. The molecular formula is C23H29ClN2O2. The van der Waals surface area contributed by atoms with Crippen LogP contribution in [0.15, 0.2) is 54.6 Å². The zero-order valence-corrected chi connectivity index (χ0v) is 17.6. The van der Waals surface area contributed by atoms with Gasteiger partial charge in [0.15, 0.2) is 0 Å². The fourth-order valence-electron chi connectivity index (χ4n) is 3.03. The van der Waals surface area contributed by atoms with Gasteiger partial charge < -0.3 is 10.2 Å². The van der Waals surface area contributed by atoms with Crippen molar-refractivity contribution in [3.05, 3.63) is 70.7 Å². The number of hydrogen-bond donors (Lipinski definition) is 1. The van der Waals surface area contributed by atoms with Crippen molar-refractivity contribution in [1.29, 1.82) is 0 Å². The molecule has 2 aromatic rings. The molecule has 5 heteroatoms. The van der Waals surface area contributed by atoms with Crippen LogP contribution in [0, 0.1) is 0 Å². The second-order valence-corrected chi connectivity index (χ2v) is 7.46. The average Bonchev–Trinajstić information content (AvgIpc) is 2.70. The van der Waals surface area contributed by atoms with Crippen LogP contribution in [0.1, 0.15) is 44.7 Å². The molecule has 28 heavy (non-hydrogen) atoms. The molecule has 150 valence electrons. The lowest BCUT2D eigenvalue weighted by Gasteiger charge is -2.32. The molecule has 0 spiro atoms. The highest BCUT2D eigenvalue weighted by Crippen LogP contribution is 2.18. The Morgan fingerprint density at radius 2 is 1.71 bits per heavy atom. The molecule has 2 atom stereocenters. The molecule has 2 aromatic carbocycles. The Labute approximate surface area is 172 Å². The number of nitrogens with zero attached hydrogens (tertiary/aromatic N) is 1. The van der Waals surface area contributed by atoms with E-state index >= 15 is 0 Å². The molecular weight excluding hydrogens is 372 g/mol. The number of carbonyl (C=O) groups excluding carboxylic acids is 2. The number of benzene rings is 2. The van der Waals surface area contributed by atoms with E-state index in [0.29, 0.717) is 24.4 Å². The van der Waals surface area contributed by atoms with Crippen LogP contribution in [0.3, 0.4) is 0 Å². The van der Waals surface area contributed by atoms with Crippen molar-refractivity contribution < 1.29 is 9.59 Å². The summed E-state index contributed by atoms with van der Waals surface area (Å²) in [5.41, 5.74) is 1.93. The molecule has 0 aliphatic carbocycles. The second kappa shape index (κ2) is 10.9. The first-order chi connectivity index (χ1) is 13.4. The average molecular weight is 401 g/mol. The summed E-state index contributed by atoms with van der Waals surface area (Å²) >= 11 is 6.12. The third kappa shape index (κ3) is 6.38. The van der Waals surface area contributed by atoms with Gasteiger partial charge >= 0.3 is 0 Å². The highest BCUT2D eigenvalue weighted by Gasteiger charge is 2.30. The Morgan fingerprint density at radius 3 is 2.32 bits per heavy atom. The van der Waals surface area contributed by atoms with Gasteiger partial charge in [-0.05, 0) is 36.6 Å². The van der Waals surface area contributed by atoms with Gasteiger partial charge in [-0.2, -0.15) is 0 Å². The van der Waals surface area contributed by atoms with E-state index in [2.05, 4.69) is 5.32 Å². The Morgan fingerprint density at radius 1 is 1.04 bits per heavy atom. The highest BCUT2D eigenvalue weighted by molar-refractivity contribution is 6.30. The predicted octanol–water partition coefficient (Wildman–Crippen LogP) is 4.60. The number of halogens is 1. The highest BCUT2D eigenvalue weighted by atomic mass is 35.5. The van der Waals surface area contributed by atoms with Crippen molar-refractivity contribution in [3.63, 3.8) is 0 Å². The smallest absolute Gasteiger partial charge is 0.243 e. The van der Waals surface area contributed by atoms with Gasteiger partial charge in [0, 0.05) is 30.5 Å². The summed E-state index contributed by atoms with van der Waals surface area (Å²) in [4.78, 5) is 27.6. The molecule has 4 nitrogen and oxygen atoms in total. The van der Waals surface area contributed by atoms with E-state index in [1.54, 1.807) is 11.0 Å². The minimum absolute atomic E-state index is 0.0514. The van der Waals surface area contributed by atoms with Gasteiger partial charge in [0.25, 0.3) is 0 Å².